The number of halogens is 1. The maximum atomic E-state index is 12.8. The molecule has 0 aliphatic carbocycles. The molecular weight excluding hydrogens is 173 g/mol. The normalized spacial score (nSPS) is 11.7. The van der Waals surface area contributed by atoms with E-state index in [1.54, 1.807) is 6.07 Å². The maximum Gasteiger partial charge on any atom is 0.254 e. The summed E-state index contributed by atoms with van der Waals surface area (Å²) in [6.07, 6.45) is 1.39. The van der Waals surface area contributed by atoms with E-state index in [9.17, 15) is 9.50 Å². The standard InChI is InChI=1S/C8H12FNOSi/c1-12(2,3)6-4-5-10-8(9)7(6)11/h4-5,11H,1-3H3. The van der Waals surface area contributed by atoms with Gasteiger partial charge in [0.15, 0.2) is 5.75 Å². The molecule has 2 nitrogen and oxygen atoms in total. The molecule has 1 aromatic heterocycles. The van der Waals surface area contributed by atoms with Gasteiger partial charge in [0, 0.05) is 6.20 Å². The molecule has 0 spiro atoms. The first-order valence-electron chi connectivity index (χ1n) is 3.77. The van der Waals surface area contributed by atoms with Gasteiger partial charge in [-0.25, -0.2) is 4.98 Å². The van der Waals surface area contributed by atoms with Gasteiger partial charge in [-0.3, -0.25) is 0 Å². The lowest BCUT2D eigenvalue weighted by Crippen LogP contribution is -2.38. The average molecular weight is 185 g/mol. The molecule has 0 unspecified atom stereocenters. The van der Waals surface area contributed by atoms with Crippen molar-refractivity contribution in [3.05, 3.63) is 18.2 Å². The van der Waals surface area contributed by atoms with Crippen molar-refractivity contribution in [3.63, 3.8) is 0 Å². The van der Waals surface area contributed by atoms with Gasteiger partial charge in [0.1, 0.15) is 0 Å². The fourth-order valence-electron chi connectivity index (χ4n) is 1.03. The number of rotatable bonds is 1. The van der Waals surface area contributed by atoms with Crippen LogP contribution in [0.3, 0.4) is 0 Å². The molecule has 0 atom stereocenters. The van der Waals surface area contributed by atoms with Crippen molar-refractivity contribution in [3.8, 4) is 5.75 Å². The predicted molar refractivity (Wildman–Crippen MR) is 48.8 cm³/mol. The van der Waals surface area contributed by atoms with Crippen molar-refractivity contribution in [2.75, 3.05) is 0 Å². The summed E-state index contributed by atoms with van der Waals surface area (Å²) in [5, 5.41) is 10.0. The van der Waals surface area contributed by atoms with Gasteiger partial charge in [0.25, 0.3) is 5.95 Å². The first-order chi connectivity index (χ1) is 5.43. The summed E-state index contributed by atoms with van der Waals surface area (Å²) in [5.41, 5.74) is 0. The Labute approximate surface area is 72.1 Å². The highest BCUT2D eigenvalue weighted by atomic mass is 28.3. The smallest absolute Gasteiger partial charge is 0.254 e. The van der Waals surface area contributed by atoms with Gasteiger partial charge in [-0.1, -0.05) is 19.6 Å². The summed E-state index contributed by atoms with van der Waals surface area (Å²) in [7, 11) is -1.64. The van der Waals surface area contributed by atoms with Crippen LogP contribution >= 0.6 is 0 Å². The van der Waals surface area contributed by atoms with Crippen molar-refractivity contribution < 1.29 is 9.50 Å². The van der Waals surface area contributed by atoms with Gasteiger partial charge >= 0.3 is 0 Å². The molecule has 0 bridgehead atoms. The summed E-state index contributed by atoms with van der Waals surface area (Å²) in [5.74, 6) is -1.05. The minimum Gasteiger partial charge on any atom is -0.504 e. The monoisotopic (exact) mass is 185 g/mol. The van der Waals surface area contributed by atoms with Crippen molar-refractivity contribution in [2.45, 2.75) is 19.6 Å². The molecule has 1 rings (SSSR count). The van der Waals surface area contributed by atoms with Crippen LogP contribution < -0.4 is 5.19 Å². The fraction of sp³-hybridized carbons (Fsp3) is 0.375. The molecule has 66 valence electrons. The van der Waals surface area contributed by atoms with Crippen molar-refractivity contribution in [1.29, 1.82) is 0 Å². The van der Waals surface area contributed by atoms with Gasteiger partial charge in [0.2, 0.25) is 0 Å². The van der Waals surface area contributed by atoms with E-state index in [1.807, 2.05) is 19.6 Å². The topological polar surface area (TPSA) is 33.1 Å². The zero-order chi connectivity index (χ0) is 9.35. The lowest BCUT2D eigenvalue weighted by molar-refractivity contribution is 0.423. The molecule has 0 fully saturated rings. The summed E-state index contributed by atoms with van der Waals surface area (Å²) in [6.45, 7) is 6.13. The Balaban J connectivity index is 3.26. The van der Waals surface area contributed by atoms with Crippen LogP contribution in [-0.4, -0.2) is 18.2 Å². The lowest BCUT2D eigenvalue weighted by atomic mass is 10.4. The average Bonchev–Trinajstić information content (AvgIpc) is 1.92. The Hall–Kier alpha value is -0.903. The van der Waals surface area contributed by atoms with E-state index in [-0.39, 0.29) is 5.75 Å². The van der Waals surface area contributed by atoms with Crippen LogP contribution in [0.4, 0.5) is 4.39 Å². The summed E-state index contributed by atoms with van der Waals surface area (Å²) >= 11 is 0. The molecule has 0 aromatic carbocycles. The van der Waals surface area contributed by atoms with Gasteiger partial charge in [-0.15, -0.1) is 0 Å². The Morgan fingerprint density at radius 3 is 2.42 bits per heavy atom. The Bertz CT molecular complexity index is 296. The van der Waals surface area contributed by atoms with Gasteiger partial charge in [0.05, 0.1) is 8.07 Å². The van der Waals surface area contributed by atoms with E-state index < -0.39 is 14.0 Å². The largest absolute Gasteiger partial charge is 0.504 e. The van der Waals surface area contributed by atoms with Crippen LogP contribution in [0.2, 0.25) is 19.6 Å². The molecule has 1 heterocycles. The highest BCUT2D eigenvalue weighted by Gasteiger charge is 2.22. The number of aromatic hydroxyl groups is 1. The van der Waals surface area contributed by atoms with E-state index >= 15 is 0 Å². The fourth-order valence-corrected chi connectivity index (χ4v) is 2.42. The van der Waals surface area contributed by atoms with Crippen molar-refractivity contribution >= 4 is 13.3 Å². The van der Waals surface area contributed by atoms with Crippen LogP contribution in [-0.2, 0) is 0 Å². The molecule has 12 heavy (non-hydrogen) atoms. The van der Waals surface area contributed by atoms with E-state index in [2.05, 4.69) is 4.98 Å². The molecule has 0 aliphatic heterocycles. The third-order valence-corrected chi connectivity index (χ3v) is 3.71. The first-order valence-corrected chi connectivity index (χ1v) is 7.27. The minimum atomic E-state index is -1.64. The third-order valence-electron chi connectivity index (χ3n) is 1.69. The Morgan fingerprint density at radius 1 is 1.42 bits per heavy atom. The molecule has 0 saturated carbocycles. The second-order valence-corrected chi connectivity index (χ2v) is 8.79. The predicted octanol–water partition coefficient (Wildman–Crippen LogP) is 1.47. The van der Waals surface area contributed by atoms with Crippen molar-refractivity contribution in [1.82, 2.24) is 4.98 Å². The zero-order valence-electron chi connectivity index (χ0n) is 7.43. The van der Waals surface area contributed by atoms with E-state index in [4.69, 9.17) is 0 Å². The molecule has 4 heteroatoms. The van der Waals surface area contributed by atoms with Gasteiger partial charge < -0.3 is 5.11 Å². The third kappa shape index (κ3) is 1.64. The molecule has 1 aromatic rings. The summed E-state index contributed by atoms with van der Waals surface area (Å²) < 4.78 is 12.8. The SMILES string of the molecule is C[Si](C)(C)c1ccnc(F)c1O. The minimum absolute atomic E-state index is 0.281. The first kappa shape index (κ1) is 9.19. The molecular formula is C8H12FNOSi. The number of aromatic nitrogens is 1. The second kappa shape index (κ2) is 2.86. The molecule has 1 N–H and O–H groups in total. The lowest BCUT2D eigenvalue weighted by Gasteiger charge is -2.17. The summed E-state index contributed by atoms with van der Waals surface area (Å²) in [6, 6.07) is 1.69. The number of hydrogen-bond acceptors (Lipinski definition) is 2. The second-order valence-electron chi connectivity index (χ2n) is 3.75. The zero-order valence-corrected chi connectivity index (χ0v) is 8.43. The maximum absolute atomic E-state index is 12.8. The number of hydrogen-bond donors (Lipinski definition) is 1. The Kier molecular flexibility index (Phi) is 2.19. The van der Waals surface area contributed by atoms with Crippen molar-refractivity contribution in [2.24, 2.45) is 0 Å². The quantitative estimate of drug-likeness (QED) is 0.531. The van der Waals surface area contributed by atoms with E-state index in [0.717, 1.165) is 5.19 Å². The van der Waals surface area contributed by atoms with Crippen LogP contribution in [0.5, 0.6) is 5.75 Å². The molecule has 0 aliphatic rings. The number of pyridine rings is 1. The van der Waals surface area contributed by atoms with Crippen LogP contribution in [0.1, 0.15) is 0 Å². The van der Waals surface area contributed by atoms with Gasteiger partial charge in [-0.05, 0) is 11.3 Å². The number of nitrogens with zero attached hydrogens (tertiary/aromatic N) is 1. The highest BCUT2D eigenvalue weighted by Crippen LogP contribution is 2.14. The summed E-state index contributed by atoms with van der Waals surface area (Å²) in [4.78, 5) is 3.36. The molecule has 0 radical (unpaired) electrons. The van der Waals surface area contributed by atoms with E-state index in [0.29, 0.717) is 0 Å². The van der Waals surface area contributed by atoms with Gasteiger partial charge in [-0.2, -0.15) is 4.39 Å². The molecule has 0 saturated heterocycles. The van der Waals surface area contributed by atoms with E-state index in [1.165, 1.54) is 6.20 Å². The van der Waals surface area contributed by atoms with Crippen LogP contribution in [0.15, 0.2) is 12.3 Å². The van der Waals surface area contributed by atoms with Crippen LogP contribution in [0.25, 0.3) is 0 Å². The Morgan fingerprint density at radius 2 is 2.00 bits per heavy atom. The molecule has 0 amide bonds. The van der Waals surface area contributed by atoms with Crippen LogP contribution in [0, 0.1) is 5.95 Å². The highest BCUT2D eigenvalue weighted by molar-refractivity contribution is 6.89.